The first-order chi connectivity index (χ1) is 20.6. The van der Waals surface area contributed by atoms with Crippen LogP contribution < -0.4 is 16.4 Å². The van der Waals surface area contributed by atoms with Crippen molar-refractivity contribution in [3.05, 3.63) is 94.8 Å². The first kappa shape index (κ1) is 30.8. The number of hydrogen-bond acceptors (Lipinski definition) is 5. The molecule has 2 aliphatic rings. The fourth-order valence-electron chi connectivity index (χ4n) is 6.20. The number of nitrogens with two attached hydrogens (primary N) is 1. The number of nitrogens with zero attached hydrogens (tertiary/aromatic N) is 3. The number of piperazine rings is 2. The average Bonchev–Trinajstić information content (AvgIpc) is 2.97. The summed E-state index contributed by atoms with van der Waals surface area (Å²) in [7, 11) is 4.07. The van der Waals surface area contributed by atoms with E-state index in [1.54, 1.807) is 12.1 Å². The molecule has 2 heterocycles. The third-order valence-corrected chi connectivity index (χ3v) is 8.77. The van der Waals surface area contributed by atoms with Gasteiger partial charge >= 0.3 is 0 Å². The quantitative estimate of drug-likeness (QED) is 0.335. The first-order valence-electron chi connectivity index (χ1n) is 15.1. The molecule has 228 valence electrons. The summed E-state index contributed by atoms with van der Waals surface area (Å²) in [5, 5.41) is 6.46. The van der Waals surface area contributed by atoms with Gasteiger partial charge in [-0.15, -0.1) is 0 Å². The van der Waals surface area contributed by atoms with Gasteiger partial charge in [0.05, 0.1) is 27.2 Å². The highest BCUT2D eigenvalue weighted by molar-refractivity contribution is 5.94. The number of halogens is 1. The fourth-order valence-corrected chi connectivity index (χ4v) is 6.20. The molecule has 4 N–H and O–H groups in total. The van der Waals surface area contributed by atoms with Crippen molar-refractivity contribution in [2.75, 3.05) is 53.4 Å². The molecule has 5 rings (SSSR count). The number of carbonyl (C=O) groups is 2. The Morgan fingerprint density at radius 2 is 1.67 bits per heavy atom. The number of amides is 2. The van der Waals surface area contributed by atoms with Crippen molar-refractivity contribution in [2.24, 2.45) is 5.73 Å². The van der Waals surface area contributed by atoms with Crippen LogP contribution >= 0.6 is 0 Å². The summed E-state index contributed by atoms with van der Waals surface area (Å²) >= 11 is 0. The van der Waals surface area contributed by atoms with Gasteiger partial charge in [0.25, 0.3) is 11.8 Å². The van der Waals surface area contributed by atoms with E-state index in [1.165, 1.54) is 6.07 Å². The lowest BCUT2D eigenvalue weighted by molar-refractivity contribution is -0.910. The Morgan fingerprint density at radius 3 is 2.42 bits per heavy atom. The van der Waals surface area contributed by atoms with Gasteiger partial charge in [0.1, 0.15) is 5.82 Å². The summed E-state index contributed by atoms with van der Waals surface area (Å²) in [6.45, 7) is 9.16. The van der Waals surface area contributed by atoms with Crippen LogP contribution in [0.5, 0.6) is 0 Å². The molecule has 43 heavy (non-hydrogen) atoms. The third-order valence-electron chi connectivity index (χ3n) is 8.77. The van der Waals surface area contributed by atoms with E-state index in [-0.39, 0.29) is 30.2 Å². The number of rotatable bonds is 9. The molecule has 0 bridgehead atoms. The van der Waals surface area contributed by atoms with E-state index >= 15 is 0 Å². The van der Waals surface area contributed by atoms with Gasteiger partial charge in [-0.1, -0.05) is 36.4 Å². The van der Waals surface area contributed by atoms with Crippen molar-refractivity contribution >= 4 is 11.8 Å². The van der Waals surface area contributed by atoms with Gasteiger partial charge in [0.15, 0.2) is 6.04 Å². The highest BCUT2D eigenvalue weighted by atomic mass is 19.1. The second-order valence-electron chi connectivity index (χ2n) is 12.6. The molecule has 0 saturated carbocycles. The predicted molar refractivity (Wildman–Crippen MR) is 167 cm³/mol. The molecule has 2 amide bonds. The molecule has 0 aliphatic carbocycles. The Kier molecular flexibility index (Phi) is 9.56. The molecule has 1 unspecified atom stereocenters. The van der Waals surface area contributed by atoms with Crippen LogP contribution in [0.2, 0.25) is 0 Å². The molecule has 9 heteroatoms. The number of primary amides is 1. The molecule has 0 spiro atoms. The fraction of sp³-hybridized carbons (Fsp3) is 0.412. The Morgan fingerprint density at radius 1 is 0.953 bits per heavy atom. The van der Waals surface area contributed by atoms with Crippen LogP contribution in [-0.4, -0.2) is 91.5 Å². The Bertz CT molecular complexity index is 1460. The lowest BCUT2D eigenvalue weighted by Gasteiger charge is -2.44. The standard InChI is InChI=1S/C34H43FN6O2/c1-24-20-39(13-12-37-24)21-26-6-4-8-28(16-26)30-18-25(10-11-31(30)35)19-38-34(43)29-9-5-7-27(17-29)22-40-14-15-41(2,3)32(23-40)33(36)42/h4-11,16-18,24,32,37H,12-15,19-23H2,1-3H3,(H2-,36,38,42,43)/p+1/t24-,32?/m0/s1. The van der Waals surface area contributed by atoms with Crippen molar-refractivity contribution in [3.63, 3.8) is 0 Å². The van der Waals surface area contributed by atoms with Crippen LogP contribution in [0.1, 0.15) is 34.0 Å². The van der Waals surface area contributed by atoms with Crippen molar-refractivity contribution < 1.29 is 18.5 Å². The summed E-state index contributed by atoms with van der Waals surface area (Å²) in [5.74, 6) is -0.759. The van der Waals surface area contributed by atoms with Crippen molar-refractivity contribution in [2.45, 2.75) is 38.6 Å². The van der Waals surface area contributed by atoms with Crippen molar-refractivity contribution in [1.82, 2.24) is 20.4 Å². The van der Waals surface area contributed by atoms with Gasteiger partial charge in [-0.3, -0.25) is 19.4 Å². The number of quaternary nitrogens is 1. The third kappa shape index (κ3) is 7.86. The molecule has 0 aromatic heterocycles. The van der Waals surface area contributed by atoms with E-state index in [9.17, 15) is 14.0 Å². The number of nitrogens with one attached hydrogen (secondary N) is 2. The number of carbonyl (C=O) groups excluding carboxylic acids is 2. The Hall–Kier alpha value is -3.63. The highest BCUT2D eigenvalue weighted by Gasteiger charge is 2.39. The zero-order valence-electron chi connectivity index (χ0n) is 25.5. The lowest BCUT2D eigenvalue weighted by atomic mass is 10.00. The summed E-state index contributed by atoms with van der Waals surface area (Å²) in [5.41, 5.74) is 10.6. The van der Waals surface area contributed by atoms with Gasteiger partial charge in [0, 0.05) is 63.0 Å². The number of likely N-dealkylation sites (N-methyl/N-ethyl adjacent to an activating group) is 1. The van der Waals surface area contributed by atoms with E-state index < -0.39 is 0 Å². The Labute approximate surface area is 254 Å². The minimum absolute atomic E-state index is 0.188. The SMILES string of the molecule is C[C@H]1CN(Cc2cccc(-c3cc(CNC(=O)c4cccc(CN5CC[N+](C)(C)C(C(N)=O)C5)c4)ccc3F)c2)CCN1. The van der Waals surface area contributed by atoms with Crippen molar-refractivity contribution in [3.8, 4) is 11.1 Å². The highest BCUT2D eigenvalue weighted by Crippen LogP contribution is 2.26. The molecule has 2 saturated heterocycles. The van der Waals surface area contributed by atoms with Gasteiger partial charge in [-0.25, -0.2) is 4.39 Å². The molecule has 3 aromatic rings. The summed E-state index contributed by atoms with van der Waals surface area (Å²) in [6.07, 6.45) is 0. The molecule has 3 aromatic carbocycles. The largest absolute Gasteiger partial charge is 0.364 e. The normalized spacial score (nSPS) is 20.9. The molecule has 8 nitrogen and oxygen atoms in total. The van der Waals surface area contributed by atoms with E-state index in [0.717, 1.165) is 61.5 Å². The predicted octanol–water partition coefficient (Wildman–Crippen LogP) is 2.96. The smallest absolute Gasteiger partial charge is 0.277 e. The van der Waals surface area contributed by atoms with E-state index in [2.05, 4.69) is 39.5 Å². The monoisotopic (exact) mass is 587 g/mol. The minimum Gasteiger partial charge on any atom is -0.364 e. The van der Waals surface area contributed by atoms with Crippen LogP contribution in [0.15, 0.2) is 66.7 Å². The van der Waals surface area contributed by atoms with E-state index in [1.807, 2.05) is 50.5 Å². The Balaban J connectivity index is 1.21. The lowest BCUT2D eigenvalue weighted by Crippen LogP contribution is -2.65. The van der Waals surface area contributed by atoms with Crippen LogP contribution in [-0.2, 0) is 24.4 Å². The average molecular weight is 588 g/mol. The van der Waals surface area contributed by atoms with Gasteiger partial charge < -0.3 is 20.9 Å². The molecular weight excluding hydrogens is 543 g/mol. The molecule has 2 atom stereocenters. The zero-order valence-corrected chi connectivity index (χ0v) is 25.5. The van der Waals surface area contributed by atoms with E-state index in [4.69, 9.17) is 5.73 Å². The maximum atomic E-state index is 15.0. The summed E-state index contributed by atoms with van der Waals surface area (Å²) in [4.78, 5) is 29.8. The first-order valence-corrected chi connectivity index (χ1v) is 15.1. The molecule has 2 fully saturated rings. The second-order valence-corrected chi connectivity index (χ2v) is 12.6. The number of benzene rings is 3. The number of hydrogen-bond donors (Lipinski definition) is 3. The second kappa shape index (κ2) is 13.3. The topological polar surface area (TPSA) is 90.7 Å². The van der Waals surface area contributed by atoms with Crippen molar-refractivity contribution in [1.29, 1.82) is 0 Å². The van der Waals surface area contributed by atoms with Gasteiger partial charge in [-0.2, -0.15) is 0 Å². The minimum atomic E-state index is -0.288. The maximum absolute atomic E-state index is 15.0. The van der Waals surface area contributed by atoms with Crippen LogP contribution in [0, 0.1) is 5.82 Å². The van der Waals surface area contributed by atoms with E-state index in [0.29, 0.717) is 34.7 Å². The van der Waals surface area contributed by atoms with Crippen LogP contribution in [0.3, 0.4) is 0 Å². The zero-order chi connectivity index (χ0) is 30.6. The molecular formula is C34H44FN6O2+. The van der Waals surface area contributed by atoms with Crippen LogP contribution in [0.25, 0.3) is 11.1 Å². The maximum Gasteiger partial charge on any atom is 0.277 e. The summed E-state index contributed by atoms with van der Waals surface area (Å²) in [6, 6.07) is 20.8. The van der Waals surface area contributed by atoms with Crippen LogP contribution in [0.4, 0.5) is 4.39 Å². The molecule has 2 aliphatic heterocycles. The molecule has 0 radical (unpaired) electrons. The van der Waals surface area contributed by atoms with Gasteiger partial charge in [-0.05, 0) is 59.5 Å². The van der Waals surface area contributed by atoms with Gasteiger partial charge in [0.2, 0.25) is 0 Å². The summed E-state index contributed by atoms with van der Waals surface area (Å²) < 4.78 is 15.6.